The number of hydrogen-bond donors (Lipinski definition) is 0. The van der Waals surface area contributed by atoms with Gasteiger partial charge in [0, 0.05) is 19.8 Å². The molecule has 0 unspecified atom stereocenters. The smallest absolute Gasteiger partial charge is 0.306 e. The first-order valence-electron chi connectivity index (χ1n) is 4.08. The van der Waals surface area contributed by atoms with Crippen LogP contribution in [-0.2, 0) is 16.0 Å². The Morgan fingerprint density at radius 1 is 1.29 bits per heavy atom. The summed E-state index contributed by atoms with van der Waals surface area (Å²) in [6.45, 7) is 0. The van der Waals surface area contributed by atoms with Crippen molar-refractivity contribution in [3.63, 3.8) is 0 Å². The summed E-state index contributed by atoms with van der Waals surface area (Å²) in [5.41, 5.74) is 1.19. The number of benzene rings is 1. The van der Waals surface area contributed by atoms with Crippen LogP contribution in [0.4, 0.5) is 9.57 Å². The van der Waals surface area contributed by atoms with E-state index >= 15 is 0 Å². The maximum Gasteiger partial charge on any atom is 0.306 e. The molecule has 1 aromatic carbocycles. The summed E-state index contributed by atoms with van der Waals surface area (Å²) in [5.74, 6) is -0.568. The van der Waals surface area contributed by atoms with Crippen LogP contribution < -0.4 is 4.90 Å². The lowest BCUT2D eigenvalue weighted by molar-refractivity contribution is 0.551. The normalized spacial score (nSPS) is 11.4. The maximum atomic E-state index is 12.5. The standard InChI is InChI=1S/C9H12FNO2S/c1-11(2)9-6-4-3-5-8(9)7-14(10,12)13/h3-6H,7H2,1-2H3. The van der Waals surface area contributed by atoms with Crippen molar-refractivity contribution < 1.29 is 12.3 Å². The summed E-state index contributed by atoms with van der Waals surface area (Å²) in [6, 6.07) is 6.82. The lowest BCUT2D eigenvalue weighted by Crippen LogP contribution is -2.12. The Bertz CT molecular complexity index is 415. The summed E-state index contributed by atoms with van der Waals surface area (Å²) >= 11 is 0. The van der Waals surface area contributed by atoms with Crippen molar-refractivity contribution in [3.05, 3.63) is 29.8 Å². The SMILES string of the molecule is CN(C)c1ccccc1CS(=O)(=O)F. The molecular weight excluding hydrogens is 205 g/mol. The summed E-state index contributed by atoms with van der Waals surface area (Å²) < 4.78 is 33.5. The van der Waals surface area contributed by atoms with Crippen LogP contribution in [0.3, 0.4) is 0 Å². The van der Waals surface area contributed by atoms with Crippen molar-refractivity contribution in [2.75, 3.05) is 19.0 Å². The van der Waals surface area contributed by atoms with Gasteiger partial charge in [-0.3, -0.25) is 0 Å². The van der Waals surface area contributed by atoms with Crippen molar-refractivity contribution in [2.24, 2.45) is 0 Å². The predicted molar refractivity (Wildman–Crippen MR) is 54.5 cm³/mol. The second kappa shape index (κ2) is 3.96. The summed E-state index contributed by atoms with van der Waals surface area (Å²) in [5, 5.41) is 0. The summed E-state index contributed by atoms with van der Waals surface area (Å²) in [4.78, 5) is 1.75. The molecular formula is C9H12FNO2S. The Morgan fingerprint density at radius 3 is 2.36 bits per heavy atom. The van der Waals surface area contributed by atoms with Gasteiger partial charge in [-0.25, -0.2) is 0 Å². The van der Waals surface area contributed by atoms with Crippen molar-refractivity contribution >= 4 is 15.9 Å². The number of para-hydroxylation sites is 1. The van der Waals surface area contributed by atoms with E-state index in [-0.39, 0.29) is 0 Å². The topological polar surface area (TPSA) is 37.4 Å². The molecule has 0 atom stereocenters. The van der Waals surface area contributed by atoms with E-state index in [0.29, 0.717) is 11.3 Å². The van der Waals surface area contributed by atoms with E-state index in [2.05, 4.69) is 0 Å². The Labute approximate surface area is 83.4 Å². The Balaban J connectivity index is 3.08. The quantitative estimate of drug-likeness (QED) is 0.721. The first-order chi connectivity index (χ1) is 6.40. The molecule has 78 valence electrons. The number of anilines is 1. The molecule has 0 fully saturated rings. The van der Waals surface area contributed by atoms with E-state index in [9.17, 15) is 12.3 Å². The van der Waals surface area contributed by atoms with Gasteiger partial charge < -0.3 is 4.90 Å². The lowest BCUT2D eigenvalue weighted by atomic mass is 10.2. The number of nitrogens with zero attached hydrogens (tertiary/aromatic N) is 1. The highest BCUT2D eigenvalue weighted by Crippen LogP contribution is 2.20. The molecule has 1 aromatic rings. The minimum absolute atomic E-state index is 0.472. The van der Waals surface area contributed by atoms with Gasteiger partial charge in [-0.1, -0.05) is 18.2 Å². The van der Waals surface area contributed by atoms with Crippen molar-refractivity contribution in [1.29, 1.82) is 0 Å². The molecule has 0 aliphatic carbocycles. The average Bonchev–Trinajstić information content (AvgIpc) is 2.01. The van der Waals surface area contributed by atoms with Crippen LogP contribution in [-0.4, -0.2) is 22.5 Å². The van der Waals surface area contributed by atoms with Crippen LogP contribution in [0.15, 0.2) is 24.3 Å². The molecule has 14 heavy (non-hydrogen) atoms. The minimum atomic E-state index is -4.46. The van der Waals surface area contributed by atoms with Gasteiger partial charge in [0.05, 0.1) is 0 Å². The molecule has 0 saturated carbocycles. The lowest BCUT2D eigenvalue weighted by Gasteiger charge is -2.15. The molecule has 0 radical (unpaired) electrons. The molecule has 5 heteroatoms. The van der Waals surface area contributed by atoms with E-state index in [1.165, 1.54) is 0 Å². The molecule has 0 spiro atoms. The van der Waals surface area contributed by atoms with Crippen molar-refractivity contribution in [1.82, 2.24) is 0 Å². The highest BCUT2D eigenvalue weighted by molar-refractivity contribution is 7.85. The molecule has 0 aromatic heterocycles. The molecule has 1 rings (SSSR count). The van der Waals surface area contributed by atoms with Gasteiger partial charge in [-0.2, -0.15) is 8.42 Å². The molecule has 0 N–H and O–H groups in total. The van der Waals surface area contributed by atoms with Gasteiger partial charge in [0.2, 0.25) is 0 Å². The highest BCUT2D eigenvalue weighted by atomic mass is 32.3. The van der Waals surface area contributed by atoms with Crippen LogP contribution in [0.25, 0.3) is 0 Å². The molecule has 0 aliphatic rings. The van der Waals surface area contributed by atoms with Gasteiger partial charge in [-0.15, -0.1) is 3.89 Å². The molecule has 0 saturated heterocycles. The van der Waals surface area contributed by atoms with E-state index in [1.54, 1.807) is 43.3 Å². The Kier molecular flexibility index (Phi) is 3.10. The van der Waals surface area contributed by atoms with Crippen molar-refractivity contribution in [2.45, 2.75) is 5.75 Å². The first kappa shape index (κ1) is 11.0. The van der Waals surface area contributed by atoms with Crippen LogP contribution in [0.2, 0.25) is 0 Å². The van der Waals surface area contributed by atoms with Gasteiger partial charge in [0.25, 0.3) is 0 Å². The van der Waals surface area contributed by atoms with Gasteiger partial charge in [0.1, 0.15) is 5.75 Å². The van der Waals surface area contributed by atoms with Crippen LogP contribution in [0.1, 0.15) is 5.56 Å². The van der Waals surface area contributed by atoms with E-state index in [4.69, 9.17) is 0 Å². The van der Waals surface area contributed by atoms with Gasteiger partial charge in [0.15, 0.2) is 0 Å². The van der Waals surface area contributed by atoms with Crippen LogP contribution in [0, 0.1) is 0 Å². The zero-order valence-electron chi connectivity index (χ0n) is 8.07. The highest BCUT2D eigenvalue weighted by Gasteiger charge is 2.12. The second-order valence-corrected chi connectivity index (χ2v) is 4.57. The fourth-order valence-electron chi connectivity index (χ4n) is 1.25. The van der Waals surface area contributed by atoms with E-state index in [0.717, 1.165) is 0 Å². The summed E-state index contributed by atoms with van der Waals surface area (Å²) in [7, 11) is -0.897. The predicted octanol–water partition coefficient (Wildman–Crippen LogP) is 1.55. The average molecular weight is 217 g/mol. The van der Waals surface area contributed by atoms with Gasteiger partial charge in [-0.05, 0) is 11.6 Å². The zero-order valence-corrected chi connectivity index (χ0v) is 8.88. The number of halogens is 1. The molecule has 0 heterocycles. The minimum Gasteiger partial charge on any atom is -0.377 e. The number of rotatable bonds is 3. The third-order valence-electron chi connectivity index (χ3n) is 1.80. The third-order valence-corrected chi connectivity index (χ3v) is 2.46. The Morgan fingerprint density at radius 2 is 1.86 bits per heavy atom. The maximum absolute atomic E-state index is 12.5. The Hall–Kier alpha value is -1.10. The summed E-state index contributed by atoms with van der Waals surface area (Å²) in [6.07, 6.45) is 0. The van der Waals surface area contributed by atoms with Crippen LogP contribution in [0.5, 0.6) is 0 Å². The first-order valence-corrected chi connectivity index (χ1v) is 5.63. The monoisotopic (exact) mass is 217 g/mol. The zero-order chi connectivity index (χ0) is 10.8. The van der Waals surface area contributed by atoms with E-state index < -0.39 is 16.0 Å². The number of hydrogen-bond acceptors (Lipinski definition) is 3. The largest absolute Gasteiger partial charge is 0.377 e. The third kappa shape index (κ3) is 2.99. The molecule has 0 amide bonds. The molecule has 3 nitrogen and oxygen atoms in total. The van der Waals surface area contributed by atoms with Crippen molar-refractivity contribution in [3.8, 4) is 0 Å². The van der Waals surface area contributed by atoms with E-state index in [1.807, 2.05) is 0 Å². The fraction of sp³-hybridized carbons (Fsp3) is 0.333. The fourth-order valence-corrected chi connectivity index (χ4v) is 1.87. The molecule has 0 aliphatic heterocycles. The van der Waals surface area contributed by atoms with Gasteiger partial charge >= 0.3 is 10.2 Å². The molecule has 0 bridgehead atoms. The second-order valence-electron chi connectivity index (χ2n) is 3.21. The van der Waals surface area contributed by atoms with Crippen LogP contribution >= 0.6 is 0 Å².